The lowest BCUT2D eigenvalue weighted by Crippen LogP contribution is -2.22. The van der Waals surface area contributed by atoms with E-state index in [1.807, 2.05) is 0 Å². The van der Waals surface area contributed by atoms with Crippen LogP contribution in [0.4, 0.5) is 0 Å². The first-order valence-electron chi connectivity index (χ1n) is 12.5. The van der Waals surface area contributed by atoms with Crippen molar-refractivity contribution in [3.63, 3.8) is 0 Å². The van der Waals surface area contributed by atoms with E-state index in [1.165, 1.54) is 46.9 Å². The summed E-state index contributed by atoms with van der Waals surface area (Å²) in [4.78, 5) is 14.6. The SMILES string of the molecule is CCCCCCC(CCCC)C(=O)Sc1ccccc1P(c1ccccc1)c1ccccc1. The average Bonchev–Trinajstić information content (AvgIpc) is 2.86. The van der Waals surface area contributed by atoms with E-state index in [9.17, 15) is 4.79 Å². The number of benzene rings is 3. The number of carbonyl (C=O) groups excluding carboxylic acids is 1. The lowest BCUT2D eigenvalue weighted by atomic mass is 9.96. The maximum atomic E-state index is 13.5. The zero-order valence-corrected chi connectivity index (χ0v) is 21.8. The van der Waals surface area contributed by atoms with E-state index in [0.29, 0.717) is 5.12 Å². The van der Waals surface area contributed by atoms with Crippen LogP contribution in [0.25, 0.3) is 0 Å². The van der Waals surface area contributed by atoms with Gasteiger partial charge in [0.25, 0.3) is 0 Å². The minimum absolute atomic E-state index is 0.166. The molecule has 3 aromatic carbocycles. The summed E-state index contributed by atoms with van der Waals surface area (Å²) in [7, 11) is -0.717. The molecule has 0 radical (unpaired) electrons. The molecule has 0 saturated carbocycles. The second-order valence-electron chi connectivity index (χ2n) is 8.58. The summed E-state index contributed by atoms with van der Waals surface area (Å²) in [6, 6.07) is 30.1. The van der Waals surface area contributed by atoms with E-state index in [0.717, 1.165) is 37.0 Å². The van der Waals surface area contributed by atoms with Crippen LogP contribution in [0.5, 0.6) is 0 Å². The molecule has 0 aliphatic heterocycles. The first-order chi connectivity index (χ1) is 16.2. The second-order valence-corrected chi connectivity index (χ2v) is 11.8. The fraction of sp³-hybridized carbons (Fsp3) is 0.367. The fourth-order valence-electron chi connectivity index (χ4n) is 4.15. The van der Waals surface area contributed by atoms with E-state index in [1.54, 1.807) is 0 Å². The molecule has 0 aliphatic carbocycles. The molecule has 0 spiro atoms. The summed E-state index contributed by atoms with van der Waals surface area (Å²) in [5, 5.41) is 4.27. The molecule has 0 bridgehead atoms. The Bertz CT molecular complexity index is 918. The van der Waals surface area contributed by atoms with Gasteiger partial charge in [-0.2, -0.15) is 0 Å². The van der Waals surface area contributed by atoms with Gasteiger partial charge in [0.15, 0.2) is 5.12 Å². The molecular weight excluding hydrogens is 439 g/mol. The molecule has 3 rings (SSSR count). The highest BCUT2D eigenvalue weighted by molar-refractivity contribution is 8.14. The van der Waals surface area contributed by atoms with Crippen LogP contribution in [-0.2, 0) is 4.79 Å². The zero-order valence-electron chi connectivity index (χ0n) is 20.1. The van der Waals surface area contributed by atoms with Gasteiger partial charge >= 0.3 is 0 Å². The highest BCUT2D eigenvalue weighted by Crippen LogP contribution is 2.38. The molecule has 0 amide bonds. The summed E-state index contributed by atoms with van der Waals surface area (Å²) >= 11 is 1.49. The molecule has 174 valence electrons. The highest BCUT2D eigenvalue weighted by Gasteiger charge is 2.24. The van der Waals surface area contributed by atoms with Crippen molar-refractivity contribution in [3.05, 3.63) is 84.9 Å². The first kappa shape index (κ1) is 25.7. The minimum Gasteiger partial charge on any atom is -0.287 e. The van der Waals surface area contributed by atoms with Gasteiger partial charge in [-0.05, 0) is 42.7 Å². The van der Waals surface area contributed by atoms with Gasteiger partial charge in [0, 0.05) is 10.8 Å². The van der Waals surface area contributed by atoms with Gasteiger partial charge in [-0.25, -0.2) is 0 Å². The van der Waals surface area contributed by atoms with Gasteiger partial charge in [0.1, 0.15) is 0 Å². The van der Waals surface area contributed by atoms with Crippen LogP contribution in [0.15, 0.2) is 89.8 Å². The van der Waals surface area contributed by atoms with Crippen LogP contribution < -0.4 is 15.9 Å². The average molecular weight is 477 g/mol. The van der Waals surface area contributed by atoms with Gasteiger partial charge in [-0.1, -0.05) is 143 Å². The minimum atomic E-state index is -0.717. The third-order valence-corrected chi connectivity index (χ3v) is 9.75. The van der Waals surface area contributed by atoms with E-state index in [-0.39, 0.29) is 5.92 Å². The van der Waals surface area contributed by atoms with Gasteiger partial charge in [0.2, 0.25) is 0 Å². The summed E-state index contributed by atoms with van der Waals surface area (Å²) < 4.78 is 0. The summed E-state index contributed by atoms with van der Waals surface area (Å²) in [6.07, 6.45) is 9.22. The molecule has 0 aromatic heterocycles. The van der Waals surface area contributed by atoms with Crippen LogP contribution >= 0.6 is 19.7 Å². The maximum Gasteiger partial charge on any atom is 0.196 e. The van der Waals surface area contributed by atoms with Gasteiger partial charge in [0.05, 0.1) is 0 Å². The van der Waals surface area contributed by atoms with Gasteiger partial charge in [-0.15, -0.1) is 0 Å². The highest BCUT2D eigenvalue weighted by atomic mass is 32.2. The van der Waals surface area contributed by atoms with Crippen molar-refractivity contribution in [2.75, 3.05) is 0 Å². The first-order valence-corrected chi connectivity index (χ1v) is 14.6. The topological polar surface area (TPSA) is 17.1 Å². The Hall–Kier alpha value is -1.89. The Balaban J connectivity index is 1.87. The Labute approximate surface area is 206 Å². The van der Waals surface area contributed by atoms with Crippen molar-refractivity contribution in [2.24, 2.45) is 5.92 Å². The Kier molecular flexibility index (Phi) is 11.2. The molecule has 1 unspecified atom stereocenters. The normalized spacial score (nSPS) is 12.1. The summed E-state index contributed by atoms with van der Waals surface area (Å²) in [5.74, 6) is 0.166. The molecule has 33 heavy (non-hydrogen) atoms. The van der Waals surface area contributed by atoms with Crippen molar-refractivity contribution in [3.8, 4) is 0 Å². The number of carbonyl (C=O) groups is 1. The lowest BCUT2D eigenvalue weighted by molar-refractivity contribution is -0.114. The molecule has 3 heteroatoms. The van der Waals surface area contributed by atoms with Gasteiger partial charge in [-0.3, -0.25) is 4.79 Å². The lowest BCUT2D eigenvalue weighted by Gasteiger charge is -2.22. The molecule has 1 atom stereocenters. The van der Waals surface area contributed by atoms with Crippen molar-refractivity contribution >= 4 is 40.7 Å². The Morgan fingerprint density at radius 2 is 1.24 bits per heavy atom. The van der Waals surface area contributed by atoms with E-state index in [4.69, 9.17) is 0 Å². The Morgan fingerprint density at radius 3 is 1.85 bits per heavy atom. The largest absolute Gasteiger partial charge is 0.287 e. The van der Waals surface area contributed by atoms with Crippen LogP contribution in [0, 0.1) is 5.92 Å². The summed E-state index contributed by atoms with van der Waals surface area (Å²) in [6.45, 7) is 4.46. The van der Waals surface area contributed by atoms with Crippen LogP contribution in [-0.4, -0.2) is 5.12 Å². The third-order valence-electron chi connectivity index (χ3n) is 5.99. The Morgan fingerprint density at radius 1 is 0.697 bits per heavy atom. The standard InChI is InChI=1S/C30H37OPS/c1-3-5-7-10-18-25(17-6-4-2)30(31)33-29-24-16-15-23-28(29)32(26-19-11-8-12-20-26)27-21-13-9-14-22-27/h8-9,11-16,19-25H,3-7,10,17-18H2,1-2H3. The molecule has 0 N–H and O–H groups in total. The number of hydrogen-bond donors (Lipinski definition) is 0. The molecule has 0 fully saturated rings. The maximum absolute atomic E-state index is 13.5. The predicted molar refractivity (Wildman–Crippen MR) is 148 cm³/mol. The molecule has 3 aromatic rings. The van der Waals surface area contributed by atoms with Crippen molar-refractivity contribution in [1.82, 2.24) is 0 Å². The van der Waals surface area contributed by atoms with Crippen molar-refractivity contribution in [2.45, 2.75) is 70.1 Å². The predicted octanol–water partition coefficient (Wildman–Crippen LogP) is 7.84. The van der Waals surface area contributed by atoms with Crippen LogP contribution in [0.1, 0.15) is 65.2 Å². The monoisotopic (exact) mass is 476 g/mol. The molecule has 0 aliphatic rings. The molecule has 0 saturated heterocycles. The smallest absolute Gasteiger partial charge is 0.196 e. The number of rotatable bonds is 13. The van der Waals surface area contributed by atoms with Crippen LogP contribution in [0.3, 0.4) is 0 Å². The van der Waals surface area contributed by atoms with Crippen LogP contribution in [0.2, 0.25) is 0 Å². The molecule has 1 nitrogen and oxygen atoms in total. The van der Waals surface area contributed by atoms with E-state index < -0.39 is 7.92 Å². The van der Waals surface area contributed by atoms with Gasteiger partial charge < -0.3 is 0 Å². The quantitative estimate of drug-likeness (QED) is 0.142. The number of unbranched alkanes of at least 4 members (excludes halogenated alkanes) is 4. The zero-order chi connectivity index (χ0) is 23.3. The fourth-order valence-corrected chi connectivity index (χ4v) is 7.82. The molecular formula is C30H37OPS. The molecule has 0 heterocycles. The third kappa shape index (κ3) is 7.83. The van der Waals surface area contributed by atoms with E-state index >= 15 is 0 Å². The van der Waals surface area contributed by atoms with E-state index in [2.05, 4.69) is 98.8 Å². The number of hydrogen-bond acceptors (Lipinski definition) is 2. The van der Waals surface area contributed by atoms with Crippen molar-refractivity contribution in [1.29, 1.82) is 0 Å². The second kappa shape index (κ2) is 14.4. The van der Waals surface area contributed by atoms with Crippen molar-refractivity contribution < 1.29 is 4.79 Å². The summed E-state index contributed by atoms with van der Waals surface area (Å²) in [5.41, 5.74) is 0. The number of thioether (sulfide) groups is 1.